The molecule has 2 aromatic rings. The van der Waals surface area contributed by atoms with E-state index in [2.05, 4.69) is 14.7 Å². The minimum atomic E-state index is -4.78. The molecule has 1 aliphatic carbocycles. The molecule has 4 rings (SSSR count). The standard InChI is InChI=1S/C25H29F4N3O4/c26-23-20(10-5-16-1-3-17(4-2-16)13-22(33)34)30-15-31-24(23)32-11-12-35-14-21(32)18-6-8-19(9-7-18)36-25(27,28)29/h6-9,15-17,21H,1-5,10-14H2,(H,33,34)/t16?,17?,21-/m1/s1. The number of aryl methyl sites for hydroxylation is 1. The summed E-state index contributed by atoms with van der Waals surface area (Å²) in [6.45, 7) is 0.967. The summed E-state index contributed by atoms with van der Waals surface area (Å²) >= 11 is 0. The summed E-state index contributed by atoms with van der Waals surface area (Å²) in [5.74, 6) is -0.826. The predicted molar refractivity (Wildman–Crippen MR) is 122 cm³/mol. The average Bonchev–Trinajstić information content (AvgIpc) is 2.84. The van der Waals surface area contributed by atoms with E-state index in [1.54, 1.807) is 4.90 Å². The Morgan fingerprint density at radius 3 is 2.47 bits per heavy atom. The van der Waals surface area contributed by atoms with Crippen molar-refractivity contribution in [2.45, 2.75) is 57.3 Å². The zero-order valence-electron chi connectivity index (χ0n) is 19.7. The lowest BCUT2D eigenvalue weighted by atomic mass is 9.78. The van der Waals surface area contributed by atoms with Crippen molar-refractivity contribution in [3.05, 3.63) is 47.7 Å². The fourth-order valence-electron chi connectivity index (χ4n) is 5.11. The Hall–Kier alpha value is -2.95. The van der Waals surface area contributed by atoms with Gasteiger partial charge < -0.3 is 19.5 Å². The summed E-state index contributed by atoms with van der Waals surface area (Å²) in [5.41, 5.74) is 0.980. The van der Waals surface area contributed by atoms with E-state index in [-0.39, 0.29) is 30.5 Å². The molecule has 196 valence electrons. The number of carboxylic acids is 1. The van der Waals surface area contributed by atoms with E-state index in [4.69, 9.17) is 9.84 Å². The lowest BCUT2D eigenvalue weighted by Gasteiger charge is -2.37. The van der Waals surface area contributed by atoms with Crippen molar-refractivity contribution in [1.29, 1.82) is 0 Å². The van der Waals surface area contributed by atoms with Gasteiger partial charge in [0.05, 0.1) is 24.9 Å². The quantitative estimate of drug-likeness (QED) is 0.481. The maximum Gasteiger partial charge on any atom is 0.573 e. The molecular formula is C25H29F4N3O4. The van der Waals surface area contributed by atoms with Crippen LogP contribution in [0.3, 0.4) is 0 Å². The van der Waals surface area contributed by atoms with Crippen LogP contribution in [0.1, 0.15) is 55.8 Å². The van der Waals surface area contributed by atoms with Gasteiger partial charge in [-0.3, -0.25) is 4.79 Å². The molecule has 1 N–H and O–H groups in total. The minimum absolute atomic E-state index is 0.147. The Morgan fingerprint density at radius 1 is 1.11 bits per heavy atom. The van der Waals surface area contributed by atoms with Gasteiger partial charge in [-0.1, -0.05) is 25.0 Å². The molecule has 1 aromatic heterocycles. The topological polar surface area (TPSA) is 84.8 Å². The molecule has 1 aliphatic heterocycles. The number of carbonyl (C=O) groups is 1. The number of ether oxygens (including phenoxy) is 2. The summed E-state index contributed by atoms with van der Waals surface area (Å²) < 4.78 is 62.5. The molecule has 1 atom stereocenters. The number of alkyl halides is 3. The highest BCUT2D eigenvalue weighted by Crippen LogP contribution is 2.35. The predicted octanol–water partition coefficient (Wildman–Crippen LogP) is 5.31. The zero-order valence-corrected chi connectivity index (χ0v) is 19.7. The number of anilines is 1. The number of hydrogen-bond donors (Lipinski definition) is 1. The van der Waals surface area contributed by atoms with Crippen LogP contribution < -0.4 is 9.64 Å². The Labute approximate surface area is 206 Å². The second-order valence-corrected chi connectivity index (χ2v) is 9.38. The van der Waals surface area contributed by atoms with Gasteiger partial charge in [-0.2, -0.15) is 0 Å². The number of benzene rings is 1. The third kappa shape index (κ3) is 6.83. The third-order valence-electron chi connectivity index (χ3n) is 6.96. The monoisotopic (exact) mass is 511 g/mol. The van der Waals surface area contributed by atoms with Crippen LogP contribution in [0.4, 0.5) is 23.4 Å². The van der Waals surface area contributed by atoms with Crippen molar-refractivity contribution in [2.24, 2.45) is 11.8 Å². The van der Waals surface area contributed by atoms with Crippen molar-refractivity contribution in [3.8, 4) is 5.75 Å². The number of carboxylic acid groups (broad SMARTS) is 1. The van der Waals surface area contributed by atoms with Gasteiger partial charge >= 0.3 is 12.3 Å². The van der Waals surface area contributed by atoms with Crippen LogP contribution in [0.25, 0.3) is 0 Å². The SMILES string of the molecule is O=C(O)CC1CCC(CCc2ncnc(N3CCOC[C@@H]3c3ccc(OC(F)(F)F)cc3)c2F)CC1. The second kappa shape index (κ2) is 11.4. The van der Waals surface area contributed by atoms with Crippen LogP contribution in [0.15, 0.2) is 30.6 Å². The van der Waals surface area contributed by atoms with E-state index >= 15 is 4.39 Å². The van der Waals surface area contributed by atoms with Gasteiger partial charge in [0.1, 0.15) is 12.1 Å². The first-order chi connectivity index (χ1) is 17.2. The van der Waals surface area contributed by atoms with E-state index in [9.17, 15) is 18.0 Å². The number of halogens is 4. The maximum atomic E-state index is 15.5. The molecule has 7 nitrogen and oxygen atoms in total. The minimum Gasteiger partial charge on any atom is -0.481 e. The van der Waals surface area contributed by atoms with Crippen LogP contribution >= 0.6 is 0 Å². The largest absolute Gasteiger partial charge is 0.573 e. The molecule has 11 heteroatoms. The highest BCUT2D eigenvalue weighted by Gasteiger charge is 2.32. The van der Waals surface area contributed by atoms with E-state index in [1.807, 2.05) is 0 Å². The van der Waals surface area contributed by atoms with Gasteiger partial charge in [-0.15, -0.1) is 13.2 Å². The number of morpholine rings is 1. The summed E-state index contributed by atoms with van der Waals surface area (Å²) in [5, 5.41) is 8.98. The first-order valence-corrected chi connectivity index (χ1v) is 12.1. The first-order valence-electron chi connectivity index (χ1n) is 12.1. The van der Waals surface area contributed by atoms with Crippen molar-refractivity contribution in [1.82, 2.24) is 9.97 Å². The van der Waals surface area contributed by atoms with Crippen LogP contribution in [0, 0.1) is 17.7 Å². The molecule has 2 fully saturated rings. The molecule has 1 saturated heterocycles. The lowest BCUT2D eigenvalue weighted by molar-refractivity contribution is -0.274. The average molecular weight is 512 g/mol. The van der Waals surface area contributed by atoms with Crippen molar-refractivity contribution < 1.29 is 36.9 Å². The van der Waals surface area contributed by atoms with E-state index < -0.39 is 24.2 Å². The molecule has 0 spiro atoms. The molecule has 2 heterocycles. The highest BCUT2D eigenvalue weighted by molar-refractivity contribution is 5.67. The van der Waals surface area contributed by atoms with Crippen LogP contribution in [-0.2, 0) is 16.0 Å². The third-order valence-corrected chi connectivity index (χ3v) is 6.96. The maximum absolute atomic E-state index is 15.5. The van der Waals surface area contributed by atoms with E-state index in [0.29, 0.717) is 36.7 Å². The number of rotatable bonds is 8. The Balaban J connectivity index is 1.42. The molecular weight excluding hydrogens is 482 g/mol. The second-order valence-electron chi connectivity index (χ2n) is 9.38. The first kappa shape index (κ1) is 26.1. The lowest BCUT2D eigenvalue weighted by Crippen LogP contribution is -2.40. The smallest absolute Gasteiger partial charge is 0.481 e. The Bertz CT molecular complexity index is 1030. The van der Waals surface area contributed by atoms with Crippen LogP contribution in [0.5, 0.6) is 5.75 Å². The van der Waals surface area contributed by atoms with Gasteiger partial charge in [-0.25, -0.2) is 14.4 Å². The van der Waals surface area contributed by atoms with Crippen molar-refractivity contribution >= 4 is 11.8 Å². The van der Waals surface area contributed by atoms with Crippen molar-refractivity contribution in [2.75, 3.05) is 24.7 Å². The molecule has 1 saturated carbocycles. The Kier molecular flexibility index (Phi) is 8.28. The van der Waals surface area contributed by atoms with Crippen LogP contribution in [0.2, 0.25) is 0 Å². The summed E-state index contributed by atoms with van der Waals surface area (Å²) in [7, 11) is 0. The molecule has 1 aromatic carbocycles. The van der Waals surface area contributed by atoms with E-state index in [1.165, 1.54) is 30.6 Å². The molecule has 2 aliphatic rings. The fourth-order valence-corrected chi connectivity index (χ4v) is 5.11. The van der Waals surface area contributed by atoms with Gasteiger partial charge in [0.2, 0.25) is 0 Å². The fraction of sp³-hybridized carbons (Fsp3) is 0.560. The summed E-state index contributed by atoms with van der Waals surface area (Å²) in [6.07, 6.45) is 1.58. The van der Waals surface area contributed by atoms with E-state index in [0.717, 1.165) is 32.1 Å². The molecule has 36 heavy (non-hydrogen) atoms. The van der Waals surface area contributed by atoms with Gasteiger partial charge in [0, 0.05) is 13.0 Å². The number of aliphatic carboxylic acids is 1. The molecule has 0 unspecified atom stereocenters. The number of aromatic nitrogens is 2. The van der Waals surface area contributed by atoms with Gasteiger partial charge in [0.25, 0.3) is 0 Å². The summed E-state index contributed by atoms with van der Waals surface area (Å²) in [6, 6.07) is 5.04. The van der Waals surface area contributed by atoms with Crippen molar-refractivity contribution in [3.63, 3.8) is 0 Å². The highest BCUT2D eigenvalue weighted by atomic mass is 19.4. The van der Waals surface area contributed by atoms with Gasteiger partial charge in [0.15, 0.2) is 11.6 Å². The molecule has 0 radical (unpaired) electrons. The normalized spacial score (nSPS) is 22.9. The zero-order chi connectivity index (χ0) is 25.7. The molecule has 0 amide bonds. The Morgan fingerprint density at radius 2 is 1.81 bits per heavy atom. The van der Waals surface area contributed by atoms with Gasteiger partial charge in [-0.05, 0) is 55.2 Å². The number of hydrogen-bond acceptors (Lipinski definition) is 6. The number of nitrogens with zero attached hydrogens (tertiary/aromatic N) is 3. The van der Waals surface area contributed by atoms with Crippen LogP contribution in [-0.4, -0.2) is 47.2 Å². The molecule has 0 bridgehead atoms. The summed E-state index contributed by atoms with van der Waals surface area (Å²) in [4.78, 5) is 21.1.